The summed E-state index contributed by atoms with van der Waals surface area (Å²) < 4.78 is 75.1. The zero-order chi connectivity index (χ0) is 14.8. The summed E-state index contributed by atoms with van der Waals surface area (Å²) >= 11 is 5.23. The van der Waals surface area contributed by atoms with Crippen molar-refractivity contribution in [3.05, 3.63) is 34.9 Å². The van der Waals surface area contributed by atoms with E-state index in [2.05, 4.69) is 0 Å². The minimum atomic E-state index is -5.04. The molecule has 0 spiro atoms. The van der Waals surface area contributed by atoms with E-state index in [1.807, 2.05) is 0 Å². The van der Waals surface area contributed by atoms with Gasteiger partial charge in [-0.2, -0.15) is 26.3 Å². The highest BCUT2D eigenvalue weighted by Gasteiger charge is 2.39. The maximum absolute atomic E-state index is 12.7. The number of benzene rings is 1. The van der Waals surface area contributed by atoms with Gasteiger partial charge in [0.1, 0.15) is 0 Å². The number of carbonyl (C=O) groups excluding carboxylic acids is 1. The first-order valence-corrected chi connectivity index (χ1v) is 5.48. The standard InChI is InChI=1S/C11H7ClF6O/c12-4-3-9(19)7-2-1-6(10(13,14)15)5-8(7)11(16,17)18/h1-2,5H,3-4H2. The molecule has 0 N–H and O–H groups in total. The molecule has 8 heteroatoms. The predicted molar refractivity (Wildman–Crippen MR) is 56.1 cm³/mol. The van der Waals surface area contributed by atoms with Crippen molar-refractivity contribution < 1.29 is 31.1 Å². The fraction of sp³-hybridized carbons (Fsp3) is 0.364. The van der Waals surface area contributed by atoms with Crippen LogP contribution in [0.2, 0.25) is 0 Å². The normalized spacial score (nSPS) is 12.6. The molecule has 0 amide bonds. The van der Waals surface area contributed by atoms with E-state index in [-0.39, 0.29) is 18.4 Å². The van der Waals surface area contributed by atoms with E-state index in [4.69, 9.17) is 11.6 Å². The molecule has 0 saturated heterocycles. The second-order valence-corrected chi connectivity index (χ2v) is 4.00. The SMILES string of the molecule is O=C(CCCl)c1ccc(C(F)(F)F)cc1C(F)(F)F. The molecule has 0 aromatic heterocycles. The smallest absolute Gasteiger partial charge is 0.294 e. The monoisotopic (exact) mass is 304 g/mol. The predicted octanol–water partition coefficient (Wildman–Crippen LogP) is 4.54. The van der Waals surface area contributed by atoms with Crippen molar-refractivity contribution in [2.24, 2.45) is 0 Å². The molecule has 0 heterocycles. The Morgan fingerprint density at radius 2 is 1.63 bits per heavy atom. The van der Waals surface area contributed by atoms with Gasteiger partial charge in [0, 0.05) is 17.9 Å². The number of carbonyl (C=O) groups is 1. The third-order valence-corrected chi connectivity index (χ3v) is 2.46. The maximum atomic E-state index is 12.7. The number of rotatable bonds is 3. The van der Waals surface area contributed by atoms with Crippen LogP contribution in [0.5, 0.6) is 0 Å². The van der Waals surface area contributed by atoms with E-state index in [1.165, 1.54) is 0 Å². The molecule has 0 fully saturated rings. The lowest BCUT2D eigenvalue weighted by Crippen LogP contribution is -2.16. The summed E-state index contributed by atoms with van der Waals surface area (Å²) in [5.74, 6) is -1.16. The second kappa shape index (κ2) is 5.40. The Hall–Kier alpha value is -1.24. The summed E-state index contributed by atoms with van der Waals surface area (Å²) in [7, 11) is 0. The average molecular weight is 305 g/mol. The summed E-state index contributed by atoms with van der Waals surface area (Å²) in [6.45, 7) is 0. The molecule has 0 saturated carbocycles. The van der Waals surface area contributed by atoms with Crippen LogP contribution in [-0.2, 0) is 12.4 Å². The zero-order valence-corrected chi connectivity index (χ0v) is 9.96. The molecule has 106 valence electrons. The molecule has 1 aromatic rings. The fourth-order valence-corrected chi connectivity index (χ4v) is 1.59. The third-order valence-electron chi connectivity index (χ3n) is 2.27. The molecular weight excluding hydrogens is 298 g/mol. The lowest BCUT2D eigenvalue weighted by Gasteiger charge is -2.15. The Morgan fingerprint density at radius 3 is 2.05 bits per heavy atom. The quantitative estimate of drug-likeness (QED) is 0.455. The Morgan fingerprint density at radius 1 is 1.05 bits per heavy atom. The van der Waals surface area contributed by atoms with E-state index in [0.717, 1.165) is 0 Å². The van der Waals surface area contributed by atoms with Crippen LogP contribution in [-0.4, -0.2) is 11.7 Å². The molecule has 19 heavy (non-hydrogen) atoms. The van der Waals surface area contributed by atoms with Crippen molar-refractivity contribution in [3.63, 3.8) is 0 Å². The highest BCUT2D eigenvalue weighted by Crippen LogP contribution is 2.37. The average Bonchev–Trinajstić information content (AvgIpc) is 2.26. The first kappa shape index (κ1) is 15.8. The number of halogens is 7. The van der Waals surface area contributed by atoms with Crippen LogP contribution >= 0.6 is 11.6 Å². The Balaban J connectivity index is 3.38. The van der Waals surface area contributed by atoms with E-state index >= 15 is 0 Å². The molecule has 0 radical (unpaired) electrons. The van der Waals surface area contributed by atoms with E-state index < -0.39 is 34.8 Å². The Kier molecular flexibility index (Phi) is 4.50. The molecule has 0 atom stereocenters. The largest absolute Gasteiger partial charge is 0.417 e. The van der Waals surface area contributed by atoms with E-state index in [0.29, 0.717) is 12.1 Å². The van der Waals surface area contributed by atoms with Crippen LogP contribution in [0.15, 0.2) is 18.2 Å². The molecule has 0 aliphatic carbocycles. The summed E-state index contributed by atoms with van der Waals surface area (Å²) in [5, 5.41) is 0. The minimum Gasteiger partial charge on any atom is -0.294 e. The first-order chi connectivity index (χ1) is 8.57. The van der Waals surface area contributed by atoms with Gasteiger partial charge in [0.15, 0.2) is 5.78 Å². The fourth-order valence-electron chi connectivity index (χ4n) is 1.42. The molecule has 1 aromatic carbocycles. The summed E-state index contributed by atoms with van der Waals surface area (Å²) in [5.41, 5.74) is -3.86. The number of ketones is 1. The Labute approximate surface area is 109 Å². The highest BCUT2D eigenvalue weighted by atomic mass is 35.5. The van der Waals surface area contributed by atoms with E-state index in [1.54, 1.807) is 0 Å². The van der Waals surface area contributed by atoms with Gasteiger partial charge in [-0.25, -0.2) is 0 Å². The number of hydrogen-bond donors (Lipinski definition) is 0. The van der Waals surface area contributed by atoms with Gasteiger partial charge in [-0.05, 0) is 12.1 Å². The van der Waals surface area contributed by atoms with Gasteiger partial charge >= 0.3 is 12.4 Å². The molecule has 0 bridgehead atoms. The summed E-state index contributed by atoms with van der Waals surface area (Å²) in [6.07, 6.45) is -10.3. The summed E-state index contributed by atoms with van der Waals surface area (Å²) in [4.78, 5) is 11.4. The number of alkyl halides is 7. The van der Waals surface area contributed by atoms with Crippen LogP contribution in [0.1, 0.15) is 27.9 Å². The van der Waals surface area contributed by atoms with Crippen molar-refractivity contribution in [2.45, 2.75) is 18.8 Å². The highest BCUT2D eigenvalue weighted by molar-refractivity contribution is 6.19. The number of hydrogen-bond acceptors (Lipinski definition) is 1. The van der Waals surface area contributed by atoms with E-state index in [9.17, 15) is 31.1 Å². The topological polar surface area (TPSA) is 17.1 Å². The lowest BCUT2D eigenvalue weighted by atomic mass is 9.98. The molecule has 0 aliphatic heterocycles. The van der Waals surface area contributed by atoms with Gasteiger partial charge in [0.05, 0.1) is 11.1 Å². The van der Waals surface area contributed by atoms with Gasteiger partial charge in [-0.15, -0.1) is 11.6 Å². The zero-order valence-electron chi connectivity index (χ0n) is 9.20. The second-order valence-electron chi connectivity index (χ2n) is 3.62. The molecule has 0 aliphatic rings. The maximum Gasteiger partial charge on any atom is 0.417 e. The van der Waals surface area contributed by atoms with Crippen LogP contribution in [0.3, 0.4) is 0 Å². The number of Topliss-reactive ketones (excluding diaryl/α,β-unsaturated/α-hetero) is 1. The van der Waals surface area contributed by atoms with Gasteiger partial charge in [0.2, 0.25) is 0 Å². The van der Waals surface area contributed by atoms with Crippen molar-refractivity contribution >= 4 is 17.4 Å². The van der Waals surface area contributed by atoms with Crippen molar-refractivity contribution in [1.29, 1.82) is 0 Å². The van der Waals surface area contributed by atoms with Crippen molar-refractivity contribution in [3.8, 4) is 0 Å². The van der Waals surface area contributed by atoms with Gasteiger partial charge in [0.25, 0.3) is 0 Å². The van der Waals surface area contributed by atoms with Crippen molar-refractivity contribution in [1.82, 2.24) is 0 Å². The van der Waals surface area contributed by atoms with Gasteiger partial charge in [-0.3, -0.25) is 4.79 Å². The van der Waals surface area contributed by atoms with Crippen LogP contribution < -0.4 is 0 Å². The third kappa shape index (κ3) is 3.86. The minimum absolute atomic E-state index is 0.0680. The summed E-state index contributed by atoms with van der Waals surface area (Å²) in [6, 6.07) is 0.901. The first-order valence-electron chi connectivity index (χ1n) is 4.95. The van der Waals surface area contributed by atoms with Crippen LogP contribution in [0, 0.1) is 0 Å². The van der Waals surface area contributed by atoms with Crippen molar-refractivity contribution in [2.75, 3.05) is 5.88 Å². The van der Waals surface area contributed by atoms with Crippen LogP contribution in [0.4, 0.5) is 26.3 Å². The molecular formula is C11H7ClF6O. The Bertz CT molecular complexity index is 477. The van der Waals surface area contributed by atoms with Gasteiger partial charge in [-0.1, -0.05) is 6.07 Å². The molecule has 0 unspecified atom stereocenters. The van der Waals surface area contributed by atoms with Gasteiger partial charge < -0.3 is 0 Å². The molecule has 1 rings (SSSR count). The van der Waals surface area contributed by atoms with Crippen LogP contribution in [0.25, 0.3) is 0 Å². The lowest BCUT2D eigenvalue weighted by molar-refractivity contribution is -0.143. The molecule has 1 nitrogen and oxygen atoms in total.